The Morgan fingerprint density at radius 2 is 1.77 bits per heavy atom. The van der Waals surface area contributed by atoms with Gasteiger partial charge in [-0.15, -0.1) is 0 Å². The number of ether oxygens (including phenoxy) is 1. The van der Waals surface area contributed by atoms with E-state index in [0.29, 0.717) is 16.0 Å². The standard InChI is InChI=1S/C21H19F2N3O5/c1-21(14-7-8-15(22)16(23)9-14)19(29)26(20(30)25-21)11-17(27)24-10-12-3-5-13(6-4-12)18(28)31-2/h3-9H,10-11H2,1-2H3,(H,24,27)(H,25,30)/t21-/m0/s1. The van der Waals surface area contributed by atoms with E-state index in [0.717, 1.165) is 12.1 Å². The first-order valence-electron chi connectivity index (χ1n) is 9.19. The maximum absolute atomic E-state index is 13.6. The van der Waals surface area contributed by atoms with Gasteiger partial charge in [0.05, 0.1) is 12.7 Å². The first-order chi connectivity index (χ1) is 14.7. The largest absolute Gasteiger partial charge is 0.465 e. The summed E-state index contributed by atoms with van der Waals surface area (Å²) >= 11 is 0. The highest BCUT2D eigenvalue weighted by Crippen LogP contribution is 2.29. The van der Waals surface area contributed by atoms with Gasteiger partial charge in [0, 0.05) is 6.54 Å². The lowest BCUT2D eigenvalue weighted by Crippen LogP contribution is -2.43. The second kappa shape index (κ2) is 8.50. The van der Waals surface area contributed by atoms with Crippen LogP contribution in [0.25, 0.3) is 0 Å². The molecule has 1 aliphatic heterocycles. The zero-order chi connectivity index (χ0) is 22.8. The Morgan fingerprint density at radius 1 is 1.10 bits per heavy atom. The minimum atomic E-state index is -1.63. The Hall–Kier alpha value is -3.82. The van der Waals surface area contributed by atoms with Crippen LogP contribution >= 0.6 is 0 Å². The van der Waals surface area contributed by atoms with Crippen LogP contribution in [0.3, 0.4) is 0 Å². The van der Waals surface area contributed by atoms with Gasteiger partial charge in [-0.1, -0.05) is 18.2 Å². The average molecular weight is 431 g/mol. The highest BCUT2D eigenvalue weighted by atomic mass is 19.2. The van der Waals surface area contributed by atoms with Crippen molar-refractivity contribution in [2.24, 2.45) is 0 Å². The monoisotopic (exact) mass is 431 g/mol. The number of rotatable bonds is 6. The molecule has 2 aromatic rings. The summed E-state index contributed by atoms with van der Waals surface area (Å²) in [7, 11) is 1.27. The van der Waals surface area contributed by atoms with Gasteiger partial charge >= 0.3 is 12.0 Å². The van der Waals surface area contributed by atoms with Crippen molar-refractivity contribution in [2.45, 2.75) is 19.0 Å². The van der Waals surface area contributed by atoms with Gasteiger partial charge in [-0.05, 0) is 42.3 Å². The third kappa shape index (κ3) is 4.37. The van der Waals surface area contributed by atoms with Crippen LogP contribution in [0.4, 0.5) is 13.6 Å². The predicted molar refractivity (Wildman–Crippen MR) is 104 cm³/mol. The van der Waals surface area contributed by atoms with Crippen LogP contribution in [0.15, 0.2) is 42.5 Å². The van der Waals surface area contributed by atoms with Gasteiger partial charge in [0.1, 0.15) is 12.1 Å². The van der Waals surface area contributed by atoms with Crippen LogP contribution in [0.1, 0.15) is 28.4 Å². The second-order valence-electron chi connectivity index (χ2n) is 7.04. The molecule has 0 bridgehead atoms. The highest BCUT2D eigenvalue weighted by molar-refractivity contribution is 6.09. The van der Waals surface area contributed by atoms with Crippen LogP contribution in [-0.4, -0.2) is 42.4 Å². The second-order valence-corrected chi connectivity index (χ2v) is 7.04. The molecule has 0 aliphatic carbocycles. The summed E-state index contributed by atoms with van der Waals surface area (Å²) in [4.78, 5) is 49.4. The molecule has 0 spiro atoms. The average Bonchev–Trinajstić information content (AvgIpc) is 2.97. The lowest BCUT2D eigenvalue weighted by atomic mass is 9.92. The lowest BCUT2D eigenvalue weighted by Gasteiger charge is -2.22. The summed E-state index contributed by atoms with van der Waals surface area (Å²) in [5.41, 5.74) is -0.535. The maximum atomic E-state index is 13.6. The molecule has 4 amide bonds. The normalized spacial score (nSPS) is 18.0. The van der Waals surface area contributed by atoms with E-state index in [-0.39, 0.29) is 12.1 Å². The minimum absolute atomic E-state index is 0.0540. The number of esters is 1. The number of carbonyl (C=O) groups excluding carboxylic acids is 4. The first kappa shape index (κ1) is 21.9. The molecule has 0 saturated carbocycles. The molecule has 2 aromatic carbocycles. The van der Waals surface area contributed by atoms with Crippen LogP contribution in [-0.2, 0) is 26.4 Å². The molecule has 1 atom stereocenters. The van der Waals surface area contributed by atoms with Gasteiger partial charge in [-0.3, -0.25) is 14.5 Å². The molecule has 1 aliphatic rings. The fraction of sp³-hybridized carbons (Fsp3) is 0.238. The van der Waals surface area contributed by atoms with E-state index in [1.54, 1.807) is 12.1 Å². The fourth-order valence-corrected chi connectivity index (χ4v) is 3.12. The van der Waals surface area contributed by atoms with Crippen LogP contribution in [0.2, 0.25) is 0 Å². The molecule has 8 nitrogen and oxygen atoms in total. The third-order valence-electron chi connectivity index (χ3n) is 4.94. The molecule has 0 radical (unpaired) electrons. The van der Waals surface area contributed by atoms with Crippen molar-refractivity contribution in [3.63, 3.8) is 0 Å². The number of nitrogens with one attached hydrogen (secondary N) is 2. The molecule has 31 heavy (non-hydrogen) atoms. The van der Waals surface area contributed by atoms with E-state index < -0.39 is 47.5 Å². The SMILES string of the molecule is COC(=O)c1ccc(CNC(=O)CN2C(=O)N[C@@](C)(c3ccc(F)c(F)c3)C2=O)cc1. The number of benzene rings is 2. The first-order valence-corrected chi connectivity index (χ1v) is 9.19. The Balaban J connectivity index is 1.63. The minimum Gasteiger partial charge on any atom is -0.465 e. The summed E-state index contributed by atoms with van der Waals surface area (Å²) in [5.74, 6) is -4.09. The van der Waals surface area contributed by atoms with E-state index in [1.807, 2.05) is 0 Å². The number of halogens is 2. The van der Waals surface area contributed by atoms with Crippen molar-refractivity contribution >= 4 is 23.8 Å². The Labute approximate surface area is 176 Å². The molecule has 1 fully saturated rings. The Kier molecular flexibility index (Phi) is 6.00. The molecule has 162 valence electrons. The van der Waals surface area contributed by atoms with Gasteiger partial charge in [-0.25, -0.2) is 18.4 Å². The molecule has 1 saturated heterocycles. The van der Waals surface area contributed by atoms with Crippen LogP contribution < -0.4 is 10.6 Å². The fourth-order valence-electron chi connectivity index (χ4n) is 3.12. The summed E-state index contributed by atoms with van der Waals surface area (Å²) in [6.07, 6.45) is 0. The van der Waals surface area contributed by atoms with Gasteiger partial charge in [0.15, 0.2) is 11.6 Å². The van der Waals surface area contributed by atoms with Crippen molar-refractivity contribution in [3.8, 4) is 0 Å². The van der Waals surface area contributed by atoms with Crippen molar-refractivity contribution < 1.29 is 32.7 Å². The lowest BCUT2D eigenvalue weighted by molar-refractivity contribution is -0.134. The predicted octanol–water partition coefficient (Wildman–Crippen LogP) is 1.83. The molecular weight excluding hydrogens is 412 g/mol. The number of urea groups is 1. The van der Waals surface area contributed by atoms with Crippen LogP contribution in [0.5, 0.6) is 0 Å². The molecular formula is C21H19F2N3O5. The summed E-state index contributed by atoms with van der Waals surface area (Å²) in [6, 6.07) is 8.38. The number of carbonyl (C=O) groups is 4. The van der Waals surface area contributed by atoms with Gasteiger partial charge in [0.25, 0.3) is 5.91 Å². The van der Waals surface area contributed by atoms with Crippen molar-refractivity contribution in [1.29, 1.82) is 0 Å². The number of amides is 4. The summed E-state index contributed by atoms with van der Waals surface area (Å²) < 4.78 is 31.4. The summed E-state index contributed by atoms with van der Waals surface area (Å²) in [5, 5.41) is 4.99. The van der Waals surface area contributed by atoms with Gasteiger partial charge < -0.3 is 15.4 Å². The summed E-state index contributed by atoms with van der Waals surface area (Å²) in [6.45, 7) is 0.898. The van der Waals surface area contributed by atoms with E-state index in [1.165, 1.54) is 32.2 Å². The molecule has 3 rings (SSSR count). The molecule has 10 heteroatoms. The maximum Gasteiger partial charge on any atom is 0.337 e. The molecule has 1 heterocycles. The van der Waals surface area contributed by atoms with Crippen molar-refractivity contribution in [2.75, 3.05) is 13.7 Å². The zero-order valence-electron chi connectivity index (χ0n) is 16.7. The number of nitrogens with zero attached hydrogens (tertiary/aromatic N) is 1. The molecule has 0 aromatic heterocycles. The third-order valence-corrected chi connectivity index (χ3v) is 4.94. The van der Waals surface area contributed by atoms with Crippen molar-refractivity contribution in [3.05, 3.63) is 70.8 Å². The van der Waals surface area contributed by atoms with Gasteiger partial charge in [0.2, 0.25) is 5.91 Å². The Morgan fingerprint density at radius 3 is 2.39 bits per heavy atom. The van der Waals surface area contributed by atoms with E-state index in [2.05, 4.69) is 15.4 Å². The van der Waals surface area contributed by atoms with E-state index in [4.69, 9.17) is 0 Å². The highest BCUT2D eigenvalue weighted by Gasteiger charge is 2.49. The van der Waals surface area contributed by atoms with E-state index >= 15 is 0 Å². The quantitative estimate of drug-likeness (QED) is 0.537. The van der Waals surface area contributed by atoms with E-state index in [9.17, 15) is 28.0 Å². The smallest absolute Gasteiger partial charge is 0.337 e. The topological polar surface area (TPSA) is 105 Å². The van der Waals surface area contributed by atoms with Crippen molar-refractivity contribution in [1.82, 2.24) is 15.5 Å². The number of hydrogen-bond donors (Lipinski definition) is 2. The number of methoxy groups -OCH3 is 1. The number of hydrogen-bond acceptors (Lipinski definition) is 5. The zero-order valence-corrected chi connectivity index (χ0v) is 16.7. The Bertz CT molecular complexity index is 1060. The molecule has 2 N–H and O–H groups in total. The van der Waals surface area contributed by atoms with Gasteiger partial charge in [-0.2, -0.15) is 0 Å². The van der Waals surface area contributed by atoms with Crippen LogP contribution in [0, 0.1) is 11.6 Å². The number of imide groups is 1. The molecule has 0 unspecified atom stereocenters.